The maximum Gasteiger partial charge on any atom is 0.234 e. The van der Waals surface area contributed by atoms with Crippen molar-refractivity contribution in [1.82, 2.24) is 19.8 Å². The summed E-state index contributed by atoms with van der Waals surface area (Å²) in [5.74, 6) is 1.64. The minimum atomic E-state index is 0.769. The van der Waals surface area contributed by atoms with Crippen LogP contribution in [0.15, 0.2) is 48.5 Å². The Bertz CT molecular complexity index is 988. The number of hydrogen-bond donors (Lipinski definition) is 0. The zero-order valence-electron chi connectivity index (χ0n) is 13.4. The van der Waals surface area contributed by atoms with Crippen molar-refractivity contribution in [2.75, 3.05) is 7.11 Å². The zero-order chi connectivity index (χ0) is 16.5. The monoisotopic (exact) mass is 336 g/mol. The number of fused-ring (bicyclic) bond motifs is 1. The number of ether oxygens (including phenoxy) is 1. The molecule has 24 heavy (non-hydrogen) atoms. The lowest BCUT2D eigenvalue weighted by Gasteiger charge is -2.01. The Kier molecular flexibility index (Phi) is 3.74. The fourth-order valence-electron chi connectivity index (χ4n) is 2.61. The standard InChI is InChI=1S/C18H16N4OS/c1-12-4-3-5-14(10-12)17-19-20-18-22(17)21-16(24-18)11-13-6-8-15(23-2)9-7-13/h3-10H,11H2,1-2H3. The first-order chi connectivity index (χ1) is 11.7. The Morgan fingerprint density at radius 3 is 2.67 bits per heavy atom. The molecule has 0 radical (unpaired) electrons. The van der Waals surface area contributed by atoms with Gasteiger partial charge >= 0.3 is 0 Å². The van der Waals surface area contributed by atoms with E-state index in [0.29, 0.717) is 0 Å². The number of aryl methyl sites for hydroxylation is 1. The molecule has 6 heteroatoms. The molecule has 0 atom stereocenters. The first kappa shape index (κ1) is 14.8. The van der Waals surface area contributed by atoms with E-state index < -0.39 is 0 Å². The molecular weight excluding hydrogens is 320 g/mol. The fraction of sp³-hybridized carbons (Fsp3) is 0.167. The van der Waals surface area contributed by atoms with Gasteiger partial charge in [-0.1, -0.05) is 47.2 Å². The number of benzene rings is 2. The molecule has 0 saturated carbocycles. The number of nitrogens with zero attached hydrogens (tertiary/aromatic N) is 4. The lowest BCUT2D eigenvalue weighted by Crippen LogP contribution is -1.94. The van der Waals surface area contributed by atoms with E-state index in [-0.39, 0.29) is 0 Å². The van der Waals surface area contributed by atoms with Crippen molar-refractivity contribution in [3.8, 4) is 17.1 Å². The minimum absolute atomic E-state index is 0.769. The van der Waals surface area contributed by atoms with E-state index in [1.54, 1.807) is 18.4 Å². The summed E-state index contributed by atoms with van der Waals surface area (Å²) in [5.41, 5.74) is 3.42. The average molecular weight is 336 g/mol. The predicted molar refractivity (Wildman–Crippen MR) is 94.6 cm³/mol. The van der Waals surface area contributed by atoms with Gasteiger partial charge < -0.3 is 4.74 Å². The van der Waals surface area contributed by atoms with Crippen molar-refractivity contribution < 1.29 is 4.74 Å². The Balaban J connectivity index is 1.66. The molecule has 2 aromatic heterocycles. The first-order valence-electron chi connectivity index (χ1n) is 7.64. The summed E-state index contributed by atoms with van der Waals surface area (Å²) in [4.78, 5) is 0.815. The van der Waals surface area contributed by atoms with Crippen molar-refractivity contribution in [3.05, 3.63) is 64.7 Å². The van der Waals surface area contributed by atoms with Crippen LogP contribution < -0.4 is 4.74 Å². The molecular formula is C18H16N4OS. The molecule has 0 aliphatic heterocycles. The molecule has 120 valence electrons. The molecule has 0 N–H and O–H groups in total. The van der Waals surface area contributed by atoms with E-state index in [0.717, 1.165) is 33.5 Å². The van der Waals surface area contributed by atoms with E-state index in [1.165, 1.54) is 11.1 Å². The molecule has 0 saturated heterocycles. The van der Waals surface area contributed by atoms with Crippen molar-refractivity contribution in [3.63, 3.8) is 0 Å². The van der Waals surface area contributed by atoms with E-state index in [4.69, 9.17) is 9.84 Å². The van der Waals surface area contributed by atoms with Gasteiger partial charge in [0.2, 0.25) is 4.96 Å². The van der Waals surface area contributed by atoms with Gasteiger partial charge in [-0.15, -0.1) is 10.2 Å². The highest BCUT2D eigenvalue weighted by atomic mass is 32.1. The van der Waals surface area contributed by atoms with Gasteiger partial charge in [0.15, 0.2) is 5.82 Å². The SMILES string of the molecule is COc1ccc(Cc2nn3c(-c4cccc(C)c4)nnc3s2)cc1. The maximum atomic E-state index is 5.19. The summed E-state index contributed by atoms with van der Waals surface area (Å²) in [5, 5.41) is 14.3. The molecule has 2 aromatic carbocycles. The quantitative estimate of drug-likeness (QED) is 0.569. The second-order valence-electron chi connectivity index (χ2n) is 5.61. The predicted octanol–water partition coefficient (Wildman–Crippen LogP) is 3.76. The number of rotatable bonds is 4. The Hall–Kier alpha value is -2.73. The van der Waals surface area contributed by atoms with Crippen LogP contribution in [0.1, 0.15) is 16.1 Å². The van der Waals surface area contributed by atoms with E-state index in [2.05, 4.69) is 41.4 Å². The molecule has 2 heterocycles. The third-order valence-electron chi connectivity index (χ3n) is 3.82. The van der Waals surface area contributed by atoms with Gasteiger partial charge in [-0.2, -0.15) is 9.61 Å². The highest BCUT2D eigenvalue weighted by Crippen LogP contribution is 2.24. The van der Waals surface area contributed by atoms with Crippen LogP contribution in [0.2, 0.25) is 0 Å². The number of methoxy groups -OCH3 is 1. The van der Waals surface area contributed by atoms with Crippen molar-refractivity contribution >= 4 is 16.3 Å². The summed E-state index contributed by atoms with van der Waals surface area (Å²) in [6.07, 6.45) is 0.769. The normalized spacial score (nSPS) is 11.1. The average Bonchev–Trinajstić information content (AvgIpc) is 3.15. The van der Waals surface area contributed by atoms with Crippen LogP contribution in [0.25, 0.3) is 16.3 Å². The van der Waals surface area contributed by atoms with Crippen LogP contribution in [0, 0.1) is 6.92 Å². The highest BCUT2D eigenvalue weighted by Gasteiger charge is 2.13. The van der Waals surface area contributed by atoms with E-state index >= 15 is 0 Å². The molecule has 0 amide bonds. The topological polar surface area (TPSA) is 52.3 Å². The minimum Gasteiger partial charge on any atom is -0.497 e. The van der Waals surface area contributed by atoms with Gasteiger partial charge in [0, 0.05) is 12.0 Å². The van der Waals surface area contributed by atoms with Crippen LogP contribution >= 0.6 is 11.3 Å². The Labute approximate surface area is 143 Å². The highest BCUT2D eigenvalue weighted by molar-refractivity contribution is 7.16. The molecule has 4 rings (SSSR count). The first-order valence-corrected chi connectivity index (χ1v) is 8.45. The molecule has 0 bridgehead atoms. The van der Waals surface area contributed by atoms with Crippen molar-refractivity contribution in [2.24, 2.45) is 0 Å². The van der Waals surface area contributed by atoms with Gasteiger partial charge in [0.25, 0.3) is 0 Å². The van der Waals surface area contributed by atoms with Crippen LogP contribution in [0.3, 0.4) is 0 Å². The Morgan fingerprint density at radius 2 is 1.92 bits per heavy atom. The third-order valence-corrected chi connectivity index (χ3v) is 4.72. The zero-order valence-corrected chi connectivity index (χ0v) is 14.2. The fourth-order valence-corrected chi connectivity index (χ4v) is 3.48. The number of aromatic nitrogens is 4. The van der Waals surface area contributed by atoms with E-state index in [9.17, 15) is 0 Å². The molecule has 4 aromatic rings. The van der Waals surface area contributed by atoms with Crippen LogP contribution in [0.5, 0.6) is 5.75 Å². The third kappa shape index (κ3) is 2.76. The van der Waals surface area contributed by atoms with Gasteiger partial charge in [-0.3, -0.25) is 0 Å². The van der Waals surface area contributed by atoms with Crippen LogP contribution in [-0.2, 0) is 6.42 Å². The van der Waals surface area contributed by atoms with Crippen LogP contribution in [-0.4, -0.2) is 26.9 Å². The Morgan fingerprint density at radius 1 is 1.08 bits per heavy atom. The van der Waals surface area contributed by atoms with Gasteiger partial charge in [-0.05, 0) is 30.7 Å². The summed E-state index contributed by atoms with van der Waals surface area (Å²) in [7, 11) is 1.67. The smallest absolute Gasteiger partial charge is 0.234 e. The molecule has 5 nitrogen and oxygen atoms in total. The van der Waals surface area contributed by atoms with E-state index in [1.807, 2.05) is 28.8 Å². The summed E-state index contributed by atoms with van der Waals surface area (Å²) in [6, 6.07) is 16.3. The second kappa shape index (κ2) is 6.05. The largest absolute Gasteiger partial charge is 0.497 e. The lowest BCUT2D eigenvalue weighted by molar-refractivity contribution is 0.414. The van der Waals surface area contributed by atoms with Crippen LogP contribution in [0.4, 0.5) is 0 Å². The number of hydrogen-bond acceptors (Lipinski definition) is 5. The second-order valence-corrected chi connectivity index (χ2v) is 6.65. The van der Waals surface area contributed by atoms with Crippen molar-refractivity contribution in [2.45, 2.75) is 13.3 Å². The maximum absolute atomic E-state index is 5.19. The summed E-state index contributed by atoms with van der Waals surface area (Å²) in [6.45, 7) is 2.07. The molecule has 0 fully saturated rings. The lowest BCUT2D eigenvalue weighted by atomic mass is 10.1. The molecule has 0 spiro atoms. The van der Waals surface area contributed by atoms with Gasteiger partial charge in [0.1, 0.15) is 10.8 Å². The summed E-state index contributed by atoms with van der Waals surface area (Å²) < 4.78 is 7.03. The van der Waals surface area contributed by atoms with Gasteiger partial charge in [0.05, 0.1) is 7.11 Å². The molecule has 0 aliphatic carbocycles. The summed E-state index contributed by atoms with van der Waals surface area (Å²) >= 11 is 1.57. The van der Waals surface area contributed by atoms with Crippen molar-refractivity contribution in [1.29, 1.82) is 0 Å². The molecule has 0 aliphatic rings. The van der Waals surface area contributed by atoms with Gasteiger partial charge in [-0.25, -0.2) is 0 Å². The molecule has 0 unspecified atom stereocenters.